The van der Waals surface area contributed by atoms with Gasteiger partial charge in [-0.1, -0.05) is 18.2 Å². The second-order valence-corrected chi connectivity index (χ2v) is 5.60. The summed E-state index contributed by atoms with van der Waals surface area (Å²) in [4.78, 5) is 13.8. The average molecular weight is 344 g/mol. The van der Waals surface area contributed by atoms with Gasteiger partial charge in [-0.3, -0.25) is 0 Å². The van der Waals surface area contributed by atoms with Crippen molar-refractivity contribution < 1.29 is 18.7 Å². The van der Waals surface area contributed by atoms with E-state index in [4.69, 9.17) is 0 Å². The zero-order chi connectivity index (χ0) is 18.1. The van der Waals surface area contributed by atoms with Crippen molar-refractivity contribution in [3.05, 3.63) is 59.8 Å². The highest BCUT2D eigenvalue weighted by molar-refractivity contribution is 6.08. The summed E-state index contributed by atoms with van der Waals surface area (Å²) in [5, 5.41) is 9.84. The number of fused-ring (bicyclic) bond motifs is 1. The number of aromatic carboxylic acids is 1. The van der Waals surface area contributed by atoms with Crippen molar-refractivity contribution in [3.8, 4) is 5.69 Å². The largest absolute Gasteiger partial charge is 0.476 e. The quantitative estimate of drug-likeness (QED) is 0.744. The predicted molar refractivity (Wildman–Crippen MR) is 93.7 cm³/mol. The molecular formula is C19H18F2N2O2. The Morgan fingerprint density at radius 3 is 2.28 bits per heavy atom. The van der Waals surface area contributed by atoms with Crippen molar-refractivity contribution in [3.63, 3.8) is 0 Å². The molecule has 1 heterocycles. The van der Waals surface area contributed by atoms with Gasteiger partial charge < -0.3 is 14.6 Å². The summed E-state index contributed by atoms with van der Waals surface area (Å²) in [6.45, 7) is 4.64. The number of carboxylic acid groups (broad SMARTS) is 1. The SMILES string of the molecule is CCN(CC)c1c(C(=O)O)n(-c2ccccc2)c2ccc(F)c(F)c12. The molecule has 4 nitrogen and oxygen atoms in total. The van der Waals surface area contributed by atoms with Crippen LogP contribution in [-0.4, -0.2) is 28.7 Å². The molecule has 0 aliphatic rings. The number of hydrogen-bond acceptors (Lipinski definition) is 2. The van der Waals surface area contributed by atoms with E-state index in [0.29, 0.717) is 24.3 Å². The van der Waals surface area contributed by atoms with Crippen LogP contribution in [0.3, 0.4) is 0 Å². The average Bonchev–Trinajstić information content (AvgIpc) is 2.96. The lowest BCUT2D eigenvalue weighted by atomic mass is 10.1. The number of hydrogen-bond donors (Lipinski definition) is 1. The fourth-order valence-corrected chi connectivity index (χ4v) is 3.19. The van der Waals surface area contributed by atoms with Crippen molar-refractivity contribution >= 4 is 22.6 Å². The molecule has 2 aromatic carbocycles. The van der Waals surface area contributed by atoms with Crippen LogP contribution < -0.4 is 4.90 Å². The summed E-state index contributed by atoms with van der Waals surface area (Å²) in [6, 6.07) is 11.3. The molecule has 0 radical (unpaired) electrons. The van der Waals surface area contributed by atoms with Gasteiger partial charge >= 0.3 is 5.97 Å². The van der Waals surface area contributed by atoms with Crippen molar-refractivity contribution in [1.29, 1.82) is 0 Å². The molecule has 1 N–H and O–H groups in total. The number of anilines is 1. The molecule has 0 fully saturated rings. The maximum Gasteiger partial charge on any atom is 0.355 e. The molecule has 0 spiro atoms. The Kier molecular flexibility index (Phi) is 4.44. The second kappa shape index (κ2) is 6.55. The molecule has 0 aliphatic heterocycles. The van der Waals surface area contributed by atoms with E-state index in [1.54, 1.807) is 35.2 Å². The van der Waals surface area contributed by atoms with Crippen molar-refractivity contribution in [2.45, 2.75) is 13.8 Å². The van der Waals surface area contributed by atoms with E-state index >= 15 is 0 Å². The minimum atomic E-state index is -1.19. The Morgan fingerprint density at radius 2 is 1.72 bits per heavy atom. The van der Waals surface area contributed by atoms with Gasteiger partial charge in [-0.2, -0.15) is 0 Å². The lowest BCUT2D eigenvalue weighted by Gasteiger charge is -2.21. The van der Waals surface area contributed by atoms with E-state index in [2.05, 4.69) is 0 Å². The number of nitrogens with zero attached hydrogens (tertiary/aromatic N) is 2. The summed E-state index contributed by atoms with van der Waals surface area (Å²) >= 11 is 0. The predicted octanol–water partition coefficient (Wildman–Crippen LogP) is 4.45. The zero-order valence-electron chi connectivity index (χ0n) is 14.0. The number of carboxylic acids is 1. The van der Waals surface area contributed by atoms with Crippen molar-refractivity contribution in [1.82, 2.24) is 4.57 Å². The third kappa shape index (κ3) is 2.63. The molecule has 0 amide bonds. The molecule has 3 aromatic rings. The molecule has 3 rings (SSSR count). The topological polar surface area (TPSA) is 45.5 Å². The van der Waals surface area contributed by atoms with Gasteiger partial charge in [0.1, 0.15) is 0 Å². The second-order valence-electron chi connectivity index (χ2n) is 5.60. The summed E-state index contributed by atoms with van der Waals surface area (Å²) in [5.41, 5.74) is 1.03. The molecule has 6 heteroatoms. The molecule has 0 aliphatic carbocycles. The number of halogens is 2. The number of carbonyl (C=O) groups is 1. The number of benzene rings is 2. The molecule has 0 bridgehead atoms. The van der Waals surface area contributed by atoms with Crippen LogP contribution in [-0.2, 0) is 0 Å². The van der Waals surface area contributed by atoms with Gasteiger partial charge in [0.25, 0.3) is 0 Å². The number of aromatic nitrogens is 1. The van der Waals surface area contributed by atoms with Gasteiger partial charge in [-0.05, 0) is 38.1 Å². The lowest BCUT2D eigenvalue weighted by molar-refractivity contribution is 0.0689. The fourth-order valence-electron chi connectivity index (χ4n) is 3.19. The first-order valence-electron chi connectivity index (χ1n) is 8.07. The first-order valence-corrected chi connectivity index (χ1v) is 8.07. The highest BCUT2D eigenvalue weighted by atomic mass is 19.2. The number of para-hydroxylation sites is 1. The van der Waals surface area contributed by atoms with Crippen LogP contribution in [0.4, 0.5) is 14.5 Å². The Hall–Kier alpha value is -2.89. The lowest BCUT2D eigenvalue weighted by Crippen LogP contribution is -2.24. The molecule has 130 valence electrons. The summed E-state index contributed by atoms with van der Waals surface area (Å²) in [7, 11) is 0. The standard InChI is InChI=1S/C19H18F2N2O2/c1-3-22(4-2)17-15-14(11-10-13(20)16(15)21)23(18(17)19(24)25)12-8-6-5-7-9-12/h5-11H,3-4H2,1-2H3,(H,24,25). The van der Waals surface area contributed by atoms with Crippen LogP contribution in [0, 0.1) is 11.6 Å². The first-order chi connectivity index (χ1) is 12.0. The Bertz CT molecular complexity index is 932. The highest BCUT2D eigenvalue weighted by Gasteiger charge is 2.29. The zero-order valence-corrected chi connectivity index (χ0v) is 14.0. The van der Waals surface area contributed by atoms with E-state index < -0.39 is 17.6 Å². The Labute approximate surface area is 143 Å². The van der Waals surface area contributed by atoms with Crippen LogP contribution in [0.2, 0.25) is 0 Å². The van der Waals surface area contributed by atoms with Crippen LogP contribution in [0.15, 0.2) is 42.5 Å². The van der Waals surface area contributed by atoms with Crippen LogP contribution in [0.25, 0.3) is 16.6 Å². The third-order valence-corrected chi connectivity index (χ3v) is 4.30. The maximum absolute atomic E-state index is 14.7. The summed E-state index contributed by atoms with van der Waals surface area (Å²) in [5.74, 6) is -3.22. The van der Waals surface area contributed by atoms with Gasteiger partial charge in [0.05, 0.1) is 16.6 Å². The van der Waals surface area contributed by atoms with Gasteiger partial charge in [-0.25, -0.2) is 13.6 Å². The fraction of sp³-hybridized carbons (Fsp3) is 0.211. The summed E-state index contributed by atoms with van der Waals surface area (Å²) < 4.78 is 30.0. The van der Waals surface area contributed by atoms with Crippen LogP contribution in [0.1, 0.15) is 24.3 Å². The summed E-state index contributed by atoms with van der Waals surface area (Å²) in [6.07, 6.45) is 0. The van der Waals surface area contributed by atoms with E-state index in [1.807, 2.05) is 13.8 Å². The molecular weight excluding hydrogens is 326 g/mol. The van der Waals surface area contributed by atoms with Crippen LogP contribution in [0.5, 0.6) is 0 Å². The van der Waals surface area contributed by atoms with Gasteiger partial charge in [-0.15, -0.1) is 0 Å². The van der Waals surface area contributed by atoms with Gasteiger partial charge in [0.2, 0.25) is 0 Å². The molecule has 0 saturated carbocycles. The minimum absolute atomic E-state index is 0.00930. The highest BCUT2D eigenvalue weighted by Crippen LogP contribution is 2.38. The maximum atomic E-state index is 14.7. The Balaban J connectivity index is 2.53. The molecule has 0 atom stereocenters. The van der Waals surface area contributed by atoms with E-state index in [1.165, 1.54) is 10.6 Å². The van der Waals surface area contributed by atoms with Gasteiger partial charge in [0, 0.05) is 18.8 Å². The van der Waals surface area contributed by atoms with E-state index in [-0.39, 0.29) is 16.8 Å². The molecule has 1 aromatic heterocycles. The first kappa shape index (κ1) is 17.0. The molecule has 0 saturated heterocycles. The van der Waals surface area contributed by atoms with Gasteiger partial charge in [0.15, 0.2) is 17.3 Å². The van der Waals surface area contributed by atoms with E-state index in [9.17, 15) is 18.7 Å². The number of rotatable bonds is 5. The van der Waals surface area contributed by atoms with Crippen LogP contribution >= 0.6 is 0 Å². The van der Waals surface area contributed by atoms with Crippen molar-refractivity contribution in [2.75, 3.05) is 18.0 Å². The smallest absolute Gasteiger partial charge is 0.355 e. The minimum Gasteiger partial charge on any atom is -0.476 e. The normalized spacial score (nSPS) is 11.0. The molecule has 0 unspecified atom stereocenters. The Morgan fingerprint density at radius 1 is 1.08 bits per heavy atom. The van der Waals surface area contributed by atoms with E-state index in [0.717, 1.165) is 6.07 Å². The monoisotopic (exact) mass is 344 g/mol. The van der Waals surface area contributed by atoms with Crippen molar-refractivity contribution in [2.24, 2.45) is 0 Å². The molecule has 25 heavy (non-hydrogen) atoms. The third-order valence-electron chi connectivity index (χ3n) is 4.30.